The van der Waals surface area contributed by atoms with Crippen LogP contribution in [0.2, 0.25) is 0 Å². The van der Waals surface area contributed by atoms with Gasteiger partial charge in [-0.1, -0.05) is 48.0 Å². The van der Waals surface area contributed by atoms with Crippen LogP contribution in [0.4, 0.5) is 5.69 Å². The maximum atomic E-state index is 12.5. The Labute approximate surface area is 175 Å². The highest BCUT2D eigenvalue weighted by atomic mass is 16.4. The Kier molecular flexibility index (Phi) is 5.48. The lowest BCUT2D eigenvalue weighted by atomic mass is 10.1. The minimum atomic E-state index is -0.0936. The summed E-state index contributed by atoms with van der Waals surface area (Å²) in [5.74, 6) is 1.17. The summed E-state index contributed by atoms with van der Waals surface area (Å²) >= 11 is 0. The Morgan fingerprint density at radius 2 is 1.77 bits per heavy atom. The summed E-state index contributed by atoms with van der Waals surface area (Å²) in [5.41, 5.74) is 5.55. The lowest BCUT2D eigenvalue weighted by molar-refractivity contribution is -0.116. The van der Waals surface area contributed by atoms with Gasteiger partial charge in [0, 0.05) is 18.4 Å². The highest BCUT2D eigenvalue weighted by molar-refractivity contribution is 5.92. The van der Waals surface area contributed by atoms with Gasteiger partial charge in [0.1, 0.15) is 0 Å². The summed E-state index contributed by atoms with van der Waals surface area (Å²) in [5, 5.41) is 7.56. The van der Waals surface area contributed by atoms with Crippen molar-refractivity contribution in [1.29, 1.82) is 0 Å². The molecule has 0 aliphatic rings. The van der Waals surface area contributed by atoms with Crippen LogP contribution in [-0.2, 0) is 11.2 Å². The molecular formula is C24H24N4O2. The molecule has 30 heavy (non-hydrogen) atoms. The van der Waals surface area contributed by atoms with Crippen LogP contribution in [0.15, 0.2) is 65.2 Å². The molecule has 1 amide bonds. The van der Waals surface area contributed by atoms with Gasteiger partial charge in [-0.3, -0.25) is 4.79 Å². The minimum Gasteiger partial charge on any atom is -0.441 e. The number of oxazole rings is 1. The Morgan fingerprint density at radius 3 is 2.50 bits per heavy atom. The number of anilines is 1. The van der Waals surface area contributed by atoms with E-state index < -0.39 is 0 Å². The van der Waals surface area contributed by atoms with Gasteiger partial charge in [-0.2, -0.15) is 5.10 Å². The van der Waals surface area contributed by atoms with E-state index in [0.29, 0.717) is 18.1 Å². The number of hydrogen-bond acceptors (Lipinski definition) is 4. The molecule has 0 bridgehead atoms. The molecular weight excluding hydrogens is 376 g/mol. The summed E-state index contributed by atoms with van der Waals surface area (Å²) in [6.45, 7) is 5.88. The van der Waals surface area contributed by atoms with Gasteiger partial charge in [-0.15, -0.1) is 0 Å². The summed E-state index contributed by atoms with van der Waals surface area (Å²) in [6.07, 6.45) is 2.42. The Balaban J connectivity index is 1.40. The molecule has 4 aromatic rings. The van der Waals surface area contributed by atoms with Gasteiger partial charge in [0.15, 0.2) is 11.7 Å². The van der Waals surface area contributed by atoms with Gasteiger partial charge >= 0.3 is 0 Å². The first-order valence-corrected chi connectivity index (χ1v) is 9.94. The van der Waals surface area contributed by atoms with E-state index in [9.17, 15) is 4.79 Å². The van der Waals surface area contributed by atoms with E-state index in [-0.39, 0.29) is 12.3 Å². The molecule has 152 valence electrons. The van der Waals surface area contributed by atoms with Crippen LogP contribution in [-0.4, -0.2) is 20.7 Å². The summed E-state index contributed by atoms with van der Waals surface area (Å²) in [6, 6.07) is 17.9. The van der Waals surface area contributed by atoms with E-state index in [0.717, 1.165) is 28.3 Å². The third kappa shape index (κ3) is 4.17. The second kappa shape index (κ2) is 8.37. The Bertz CT molecular complexity index is 1160. The highest BCUT2D eigenvalue weighted by Crippen LogP contribution is 2.24. The van der Waals surface area contributed by atoms with Crippen molar-refractivity contribution in [3.8, 4) is 17.0 Å². The number of hydrogen-bond donors (Lipinski definition) is 1. The average Bonchev–Trinajstić information content (AvgIpc) is 3.34. The topological polar surface area (TPSA) is 73.0 Å². The van der Waals surface area contributed by atoms with Gasteiger partial charge in [0.25, 0.3) is 0 Å². The molecule has 2 heterocycles. The number of carbonyl (C=O) groups excluding carboxylic acids is 1. The third-order valence-electron chi connectivity index (χ3n) is 5.01. The lowest BCUT2D eigenvalue weighted by Crippen LogP contribution is -2.13. The number of aromatic nitrogens is 3. The van der Waals surface area contributed by atoms with Crippen molar-refractivity contribution in [3.05, 3.63) is 83.6 Å². The van der Waals surface area contributed by atoms with Crippen LogP contribution in [0.25, 0.3) is 17.0 Å². The fourth-order valence-electron chi connectivity index (χ4n) is 3.34. The molecule has 2 aromatic carbocycles. The zero-order valence-corrected chi connectivity index (χ0v) is 17.3. The zero-order valence-electron chi connectivity index (χ0n) is 17.3. The molecule has 0 radical (unpaired) electrons. The molecule has 6 nitrogen and oxygen atoms in total. The summed E-state index contributed by atoms with van der Waals surface area (Å²) in [7, 11) is 0. The van der Waals surface area contributed by atoms with Gasteiger partial charge in [0.05, 0.1) is 29.0 Å². The number of amides is 1. The molecule has 2 aromatic heterocycles. The second-order valence-corrected chi connectivity index (χ2v) is 7.33. The molecule has 0 saturated carbocycles. The molecule has 0 unspecified atom stereocenters. The zero-order chi connectivity index (χ0) is 21.1. The number of carbonyl (C=O) groups is 1. The van der Waals surface area contributed by atoms with Gasteiger partial charge in [-0.25, -0.2) is 9.67 Å². The van der Waals surface area contributed by atoms with Crippen molar-refractivity contribution < 1.29 is 9.21 Å². The van der Waals surface area contributed by atoms with Crippen molar-refractivity contribution in [1.82, 2.24) is 14.8 Å². The van der Waals surface area contributed by atoms with Crippen LogP contribution in [0.1, 0.15) is 29.3 Å². The lowest BCUT2D eigenvalue weighted by Gasteiger charge is -2.06. The largest absolute Gasteiger partial charge is 0.441 e. The first-order valence-electron chi connectivity index (χ1n) is 9.94. The molecule has 1 N–H and O–H groups in total. The number of rotatable bonds is 6. The fraction of sp³-hybridized carbons (Fsp3) is 0.208. The Hall–Kier alpha value is -3.67. The van der Waals surface area contributed by atoms with Crippen molar-refractivity contribution >= 4 is 11.6 Å². The predicted molar refractivity (Wildman–Crippen MR) is 117 cm³/mol. The molecule has 0 atom stereocenters. The van der Waals surface area contributed by atoms with Gasteiger partial charge < -0.3 is 9.73 Å². The molecule has 0 aliphatic heterocycles. The molecule has 0 fully saturated rings. The van der Waals surface area contributed by atoms with Gasteiger partial charge in [0.2, 0.25) is 5.91 Å². The fourth-order valence-corrected chi connectivity index (χ4v) is 3.34. The van der Waals surface area contributed by atoms with Crippen LogP contribution >= 0.6 is 0 Å². The normalized spacial score (nSPS) is 10.9. The highest BCUT2D eigenvalue weighted by Gasteiger charge is 2.16. The van der Waals surface area contributed by atoms with E-state index in [2.05, 4.69) is 15.4 Å². The summed E-state index contributed by atoms with van der Waals surface area (Å²) in [4.78, 5) is 16.8. The molecule has 0 aliphatic carbocycles. The maximum absolute atomic E-state index is 12.5. The minimum absolute atomic E-state index is 0.0936. The van der Waals surface area contributed by atoms with Gasteiger partial charge in [-0.05, 0) is 32.9 Å². The van der Waals surface area contributed by atoms with Crippen molar-refractivity contribution in [2.75, 3.05) is 5.32 Å². The second-order valence-electron chi connectivity index (χ2n) is 7.33. The Morgan fingerprint density at radius 1 is 1.03 bits per heavy atom. The number of aryl methyl sites for hydroxylation is 3. The molecule has 0 saturated heterocycles. The predicted octanol–water partition coefficient (Wildman–Crippen LogP) is 5.02. The maximum Gasteiger partial charge on any atom is 0.224 e. The van der Waals surface area contributed by atoms with Crippen molar-refractivity contribution in [2.24, 2.45) is 0 Å². The van der Waals surface area contributed by atoms with E-state index >= 15 is 0 Å². The first-order chi connectivity index (χ1) is 14.5. The summed E-state index contributed by atoms with van der Waals surface area (Å²) < 4.78 is 7.65. The van der Waals surface area contributed by atoms with Crippen LogP contribution in [0.5, 0.6) is 0 Å². The standard InChI is InChI=1S/C24H24N4O2/c1-16-9-11-19(12-10-16)21-15-25-23(30-21)14-13-22(29)26-24-17(2)27-28(18(24)3)20-7-5-4-6-8-20/h4-12,15H,13-14H2,1-3H3,(H,26,29). The van der Waals surface area contributed by atoms with Crippen molar-refractivity contribution in [3.63, 3.8) is 0 Å². The average molecular weight is 400 g/mol. The monoisotopic (exact) mass is 400 g/mol. The van der Waals surface area contributed by atoms with Crippen molar-refractivity contribution in [2.45, 2.75) is 33.6 Å². The van der Waals surface area contributed by atoms with Crippen LogP contribution in [0, 0.1) is 20.8 Å². The number of para-hydroxylation sites is 1. The molecule has 4 rings (SSSR count). The van der Waals surface area contributed by atoms with Crippen LogP contribution < -0.4 is 5.32 Å². The van der Waals surface area contributed by atoms with E-state index in [1.54, 1.807) is 6.20 Å². The molecule has 6 heteroatoms. The number of benzene rings is 2. The number of nitrogens with zero attached hydrogens (tertiary/aromatic N) is 3. The molecule has 0 spiro atoms. The van der Waals surface area contributed by atoms with E-state index in [1.165, 1.54) is 5.56 Å². The number of nitrogens with one attached hydrogen (secondary N) is 1. The third-order valence-corrected chi connectivity index (χ3v) is 5.01. The first kappa shape index (κ1) is 19.6. The van der Waals surface area contributed by atoms with Crippen LogP contribution in [0.3, 0.4) is 0 Å². The van der Waals surface area contributed by atoms with E-state index in [1.807, 2.05) is 80.1 Å². The SMILES string of the molecule is Cc1ccc(-c2cnc(CCC(=O)Nc3c(C)nn(-c4ccccc4)c3C)o2)cc1. The quantitative estimate of drug-likeness (QED) is 0.493. The smallest absolute Gasteiger partial charge is 0.224 e. The van der Waals surface area contributed by atoms with E-state index in [4.69, 9.17) is 4.42 Å².